The van der Waals surface area contributed by atoms with Crippen LogP contribution in [0.2, 0.25) is 10.0 Å². The first-order valence-corrected chi connectivity index (χ1v) is 8.27. The maximum atomic E-state index is 12.8. The molecule has 0 saturated heterocycles. The van der Waals surface area contributed by atoms with Crippen LogP contribution in [0, 0.1) is 11.3 Å². The Hall–Kier alpha value is -2.16. The lowest BCUT2D eigenvalue weighted by atomic mass is 9.83. The summed E-state index contributed by atoms with van der Waals surface area (Å²) in [7, 11) is 0. The molecule has 0 fully saturated rings. The molecule has 1 aromatic carbocycles. The second-order valence-corrected chi connectivity index (χ2v) is 7.41. The summed E-state index contributed by atoms with van der Waals surface area (Å²) in [6.45, 7) is 6.86. The minimum atomic E-state index is -0.793. The van der Waals surface area contributed by atoms with Crippen molar-refractivity contribution in [3.05, 3.63) is 56.6 Å². The van der Waals surface area contributed by atoms with E-state index in [1.54, 1.807) is 45.9 Å². The molecule has 25 heavy (non-hydrogen) atoms. The molecule has 2 N–H and O–H groups in total. The minimum Gasteiger partial charge on any atom is -0.456 e. The maximum absolute atomic E-state index is 12.8. The van der Waals surface area contributed by atoms with Gasteiger partial charge in [-0.3, -0.25) is 0 Å². The van der Waals surface area contributed by atoms with E-state index in [4.69, 9.17) is 38.4 Å². The van der Waals surface area contributed by atoms with Gasteiger partial charge >= 0.3 is 5.97 Å². The van der Waals surface area contributed by atoms with Crippen molar-refractivity contribution in [2.45, 2.75) is 39.2 Å². The fourth-order valence-corrected chi connectivity index (χ4v) is 3.04. The van der Waals surface area contributed by atoms with E-state index in [1.807, 2.05) is 6.07 Å². The largest absolute Gasteiger partial charge is 0.456 e. The molecule has 0 saturated carbocycles. The summed E-state index contributed by atoms with van der Waals surface area (Å²) in [5, 5.41) is 10.3. The molecule has 1 aromatic rings. The molecule has 1 heterocycles. The summed E-state index contributed by atoms with van der Waals surface area (Å²) in [4.78, 5) is 12.8. The average molecular weight is 381 g/mol. The first-order valence-electron chi connectivity index (χ1n) is 7.51. The second kappa shape index (κ2) is 6.99. The van der Waals surface area contributed by atoms with Crippen molar-refractivity contribution in [1.82, 2.24) is 0 Å². The highest BCUT2D eigenvalue weighted by molar-refractivity contribution is 6.35. The van der Waals surface area contributed by atoms with E-state index in [2.05, 4.69) is 0 Å². The van der Waals surface area contributed by atoms with Crippen LogP contribution in [0.3, 0.4) is 0 Å². The number of esters is 1. The Morgan fingerprint density at radius 1 is 1.36 bits per heavy atom. The van der Waals surface area contributed by atoms with Gasteiger partial charge < -0.3 is 15.2 Å². The molecule has 132 valence electrons. The third kappa shape index (κ3) is 4.09. The second-order valence-electron chi connectivity index (χ2n) is 6.56. The Labute approximate surface area is 156 Å². The standard InChI is InChI=1S/C18H18Cl2N2O3/c1-9-14(17(23)25-18(2,3)4)15(12(8-21)16(22)24-9)11-6-5-10(19)7-13(11)20/h5-7,15H,22H2,1-4H3/t15-/m0/s1. The van der Waals surface area contributed by atoms with Gasteiger partial charge in [-0.2, -0.15) is 5.26 Å². The summed E-state index contributed by atoms with van der Waals surface area (Å²) in [6.07, 6.45) is 0. The van der Waals surface area contributed by atoms with Gasteiger partial charge in [0.1, 0.15) is 23.0 Å². The van der Waals surface area contributed by atoms with Gasteiger partial charge in [0.2, 0.25) is 5.88 Å². The van der Waals surface area contributed by atoms with Crippen molar-refractivity contribution in [2.75, 3.05) is 0 Å². The SMILES string of the molecule is CC1=C(C(=O)OC(C)(C)C)[C@@H](c2ccc(Cl)cc2Cl)C(C#N)=C(N)O1. The van der Waals surface area contributed by atoms with Gasteiger partial charge in [-0.05, 0) is 45.4 Å². The summed E-state index contributed by atoms with van der Waals surface area (Å²) >= 11 is 12.3. The number of allylic oxidation sites excluding steroid dienone is 2. The molecule has 1 aliphatic rings. The Morgan fingerprint density at radius 3 is 2.52 bits per heavy atom. The quantitative estimate of drug-likeness (QED) is 0.767. The molecule has 1 atom stereocenters. The molecule has 1 aliphatic heterocycles. The van der Waals surface area contributed by atoms with E-state index in [0.717, 1.165) is 0 Å². The summed E-state index contributed by atoms with van der Waals surface area (Å²) in [5.41, 5.74) is 5.95. The minimum absolute atomic E-state index is 0.0664. The number of hydrogen-bond acceptors (Lipinski definition) is 5. The number of halogens is 2. The lowest BCUT2D eigenvalue weighted by Gasteiger charge is -2.29. The normalized spacial score (nSPS) is 17.9. The van der Waals surface area contributed by atoms with Crippen molar-refractivity contribution in [2.24, 2.45) is 5.73 Å². The van der Waals surface area contributed by atoms with E-state index in [9.17, 15) is 10.1 Å². The molecule has 0 spiro atoms. The van der Waals surface area contributed by atoms with Crippen LogP contribution in [-0.4, -0.2) is 11.6 Å². The third-order valence-corrected chi connectivity index (χ3v) is 4.06. The van der Waals surface area contributed by atoms with E-state index in [0.29, 0.717) is 15.6 Å². The number of carbonyl (C=O) groups is 1. The Bertz CT molecular complexity index is 830. The zero-order valence-corrected chi connectivity index (χ0v) is 15.8. The molecule has 0 aromatic heterocycles. The highest BCUT2D eigenvalue weighted by Gasteiger charge is 2.38. The maximum Gasteiger partial charge on any atom is 0.338 e. The highest BCUT2D eigenvalue weighted by Crippen LogP contribution is 2.42. The Morgan fingerprint density at radius 2 is 2.00 bits per heavy atom. The molecule has 0 unspecified atom stereocenters. The van der Waals surface area contributed by atoms with Gasteiger partial charge in [0, 0.05) is 10.0 Å². The molecule has 7 heteroatoms. The smallest absolute Gasteiger partial charge is 0.338 e. The fraction of sp³-hybridized carbons (Fsp3) is 0.333. The monoisotopic (exact) mass is 380 g/mol. The number of hydrogen-bond donors (Lipinski definition) is 1. The van der Waals surface area contributed by atoms with Gasteiger partial charge in [0.15, 0.2) is 0 Å². The molecular weight excluding hydrogens is 363 g/mol. The Kier molecular flexibility index (Phi) is 5.36. The number of benzene rings is 1. The molecule has 5 nitrogen and oxygen atoms in total. The lowest BCUT2D eigenvalue weighted by Crippen LogP contribution is -2.30. The number of rotatable bonds is 2. The van der Waals surface area contributed by atoms with Crippen LogP contribution < -0.4 is 5.73 Å². The van der Waals surface area contributed by atoms with Crippen molar-refractivity contribution in [3.8, 4) is 6.07 Å². The van der Waals surface area contributed by atoms with Crippen LogP contribution in [0.4, 0.5) is 0 Å². The van der Waals surface area contributed by atoms with Crippen molar-refractivity contribution in [3.63, 3.8) is 0 Å². The molecule has 0 aliphatic carbocycles. The number of nitriles is 1. The van der Waals surface area contributed by atoms with Gasteiger partial charge in [-0.25, -0.2) is 4.79 Å². The van der Waals surface area contributed by atoms with E-state index < -0.39 is 17.5 Å². The average Bonchev–Trinajstić information content (AvgIpc) is 2.44. The van der Waals surface area contributed by atoms with Gasteiger partial charge in [0.05, 0.1) is 11.5 Å². The predicted molar refractivity (Wildman–Crippen MR) is 95.7 cm³/mol. The lowest BCUT2D eigenvalue weighted by molar-refractivity contribution is -0.150. The van der Waals surface area contributed by atoms with Crippen molar-refractivity contribution < 1.29 is 14.3 Å². The van der Waals surface area contributed by atoms with Gasteiger partial charge in [-0.15, -0.1) is 0 Å². The third-order valence-electron chi connectivity index (χ3n) is 3.50. The topological polar surface area (TPSA) is 85.3 Å². The first kappa shape index (κ1) is 19.2. The van der Waals surface area contributed by atoms with E-state index in [1.165, 1.54) is 0 Å². The fourth-order valence-electron chi connectivity index (χ4n) is 2.53. The van der Waals surface area contributed by atoms with Crippen molar-refractivity contribution in [1.29, 1.82) is 5.26 Å². The molecule has 0 amide bonds. The van der Waals surface area contributed by atoms with Gasteiger partial charge in [-0.1, -0.05) is 29.3 Å². The molecule has 0 radical (unpaired) electrons. The summed E-state index contributed by atoms with van der Waals surface area (Å²) < 4.78 is 10.9. The van der Waals surface area contributed by atoms with E-state index >= 15 is 0 Å². The van der Waals surface area contributed by atoms with Crippen LogP contribution in [-0.2, 0) is 14.3 Å². The number of carbonyl (C=O) groups excluding carboxylic acids is 1. The van der Waals surface area contributed by atoms with Crippen molar-refractivity contribution >= 4 is 29.2 Å². The number of nitrogens with zero attached hydrogens (tertiary/aromatic N) is 1. The highest BCUT2D eigenvalue weighted by atomic mass is 35.5. The van der Waals surface area contributed by atoms with Crippen LogP contribution in [0.25, 0.3) is 0 Å². The molecule has 0 bridgehead atoms. The van der Waals surface area contributed by atoms with E-state index in [-0.39, 0.29) is 22.8 Å². The number of ether oxygens (including phenoxy) is 2. The summed E-state index contributed by atoms with van der Waals surface area (Å²) in [6, 6.07) is 6.84. The summed E-state index contributed by atoms with van der Waals surface area (Å²) in [5.74, 6) is -1.19. The number of nitrogens with two attached hydrogens (primary N) is 1. The zero-order chi connectivity index (χ0) is 18.9. The predicted octanol–water partition coefficient (Wildman–Crippen LogP) is 4.42. The van der Waals surface area contributed by atoms with Crippen LogP contribution in [0.1, 0.15) is 39.2 Å². The van der Waals surface area contributed by atoms with Crippen LogP contribution in [0.15, 0.2) is 41.0 Å². The Balaban J connectivity index is 2.64. The van der Waals surface area contributed by atoms with Gasteiger partial charge in [0.25, 0.3) is 0 Å². The first-order chi connectivity index (χ1) is 11.5. The zero-order valence-electron chi connectivity index (χ0n) is 14.3. The van der Waals surface area contributed by atoms with Crippen LogP contribution >= 0.6 is 23.2 Å². The molecular formula is C18H18Cl2N2O3. The molecule has 2 rings (SSSR count). The van der Waals surface area contributed by atoms with Crippen LogP contribution in [0.5, 0.6) is 0 Å².